The van der Waals surface area contributed by atoms with Crippen LogP contribution in [0.15, 0.2) is 0 Å². The van der Waals surface area contributed by atoms with Crippen molar-refractivity contribution < 1.29 is 9.59 Å². The normalized spacial score (nSPS) is 38.2. The van der Waals surface area contributed by atoms with Crippen molar-refractivity contribution in [2.75, 3.05) is 0 Å². The molecule has 2 saturated carbocycles. The summed E-state index contributed by atoms with van der Waals surface area (Å²) in [6.07, 6.45) is 6.90. The zero-order valence-electron chi connectivity index (χ0n) is 14.2. The number of hydrogen-bond donors (Lipinski definition) is 2. The van der Waals surface area contributed by atoms with E-state index in [0.717, 1.165) is 19.3 Å². The highest BCUT2D eigenvalue weighted by Crippen LogP contribution is 2.42. The molecule has 0 aromatic rings. The standard InChI is InChI=1S/C18H30N2O2/c1-11-8-13(10-18(2,3)9-11)17(22)19-14-6-7-15(21)20-16(14)12-4-5-12/h11-14,16H,4-10H2,1-3H3,(H,19,22)(H,20,21). The molecule has 1 heterocycles. The second kappa shape index (κ2) is 5.86. The van der Waals surface area contributed by atoms with Crippen LogP contribution in [0.1, 0.15) is 65.7 Å². The van der Waals surface area contributed by atoms with E-state index in [-0.39, 0.29) is 35.2 Å². The Kier molecular flexibility index (Phi) is 4.21. The van der Waals surface area contributed by atoms with E-state index in [9.17, 15) is 9.59 Å². The minimum absolute atomic E-state index is 0.135. The lowest BCUT2D eigenvalue weighted by Gasteiger charge is -2.40. The van der Waals surface area contributed by atoms with Gasteiger partial charge in [0, 0.05) is 18.4 Å². The van der Waals surface area contributed by atoms with Crippen molar-refractivity contribution in [2.45, 2.75) is 77.8 Å². The van der Waals surface area contributed by atoms with Gasteiger partial charge in [-0.15, -0.1) is 0 Å². The minimum atomic E-state index is 0.135. The third-order valence-electron chi connectivity index (χ3n) is 5.66. The first-order valence-electron chi connectivity index (χ1n) is 8.94. The molecule has 0 radical (unpaired) electrons. The van der Waals surface area contributed by atoms with Gasteiger partial charge in [-0.1, -0.05) is 20.8 Å². The van der Waals surface area contributed by atoms with Gasteiger partial charge in [-0.3, -0.25) is 9.59 Å². The zero-order chi connectivity index (χ0) is 15.9. The van der Waals surface area contributed by atoms with Crippen molar-refractivity contribution in [3.05, 3.63) is 0 Å². The second-order valence-electron chi connectivity index (χ2n) is 8.69. The third kappa shape index (κ3) is 3.64. The lowest BCUT2D eigenvalue weighted by atomic mass is 9.68. The Balaban J connectivity index is 1.61. The average Bonchev–Trinajstić information content (AvgIpc) is 3.22. The highest BCUT2D eigenvalue weighted by Gasteiger charge is 2.42. The SMILES string of the molecule is CC1CC(C(=O)NC2CCC(=O)NC2C2CC2)CC(C)(C)C1. The Morgan fingerprint density at radius 3 is 2.59 bits per heavy atom. The van der Waals surface area contributed by atoms with Gasteiger partial charge in [0.25, 0.3) is 0 Å². The van der Waals surface area contributed by atoms with Crippen LogP contribution in [0.2, 0.25) is 0 Å². The highest BCUT2D eigenvalue weighted by atomic mass is 16.2. The molecule has 4 nitrogen and oxygen atoms in total. The van der Waals surface area contributed by atoms with Gasteiger partial charge in [0.2, 0.25) is 11.8 Å². The fourth-order valence-electron chi connectivity index (χ4n) is 4.73. The van der Waals surface area contributed by atoms with E-state index >= 15 is 0 Å². The topological polar surface area (TPSA) is 58.2 Å². The van der Waals surface area contributed by atoms with E-state index in [1.807, 2.05) is 0 Å². The molecule has 3 rings (SSSR count). The molecule has 0 aromatic carbocycles. The first kappa shape index (κ1) is 15.8. The van der Waals surface area contributed by atoms with Crippen LogP contribution >= 0.6 is 0 Å². The molecule has 4 unspecified atom stereocenters. The first-order chi connectivity index (χ1) is 10.3. The maximum atomic E-state index is 12.7. The summed E-state index contributed by atoms with van der Waals surface area (Å²) in [5.41, 5.74) is 0.260. The van der Waals surface area contributed by atoms with Crippen LogP contribution in [-0.2, 0) is 9.59 Å². The summed E-state index contributed by atoms with van der Waals surface area (Å²) >= 11 is 0. The minimum Gasteiger partial charge on any atom is -0.351 e. The summed E-state index contributed by atoms with van der Waals surface area (Å²) in [4.78, 5) is 24.4. The van der Waals surface area contributed by atoms with Gasteiger partial charge in [0.05, 0.1) is 6.04 Å². The number of piperidine rings is 1. The predicted octanol–water partition coefficient (Wildman–Crippen LogP) is 2.62. The third-order valence-corrected chi connectivity index (χ3v) is 5.66. The Labute approximate surface area is 133 Å². The van der Waals surface area contributed by atoms with Crippen molar-refractivity contribution in [3.8, 4) is 0 Å². The number of amides is 2. The van der Waals surface area contributed by atoms with Gasteiger partial charge >= 0.3 is 0 Å². The molecule has 3 aliphatic rings. The largest absolute Gasteiger partial charge is 0.351 e. The number of hydrogen-bond acceptors (Lipinski definition) is 2. The highest BCUT2D eigenvalue weighted by molar-refractivity contribution is 5.81. The second-order valence-corrected chi connectivity index (χ2v) is 8.69. The van der Waals surface area contributed by atoms with Crippen LogP contribution in [0.3, 0.4) is 0 Å². The van der Waals surface area contributed by atoms with Crippen molar-refractivity contribution in [3.63, 3.8) is 0 Å². The first-order valence-corrected chi connectivity index (χ1v) is 8.94. The number of carbonyl (C=O) groups is 2. The smallest absolute Gasteiger partial charge is 0.223 e. The fourth-order valence-corrected chi connectivity index (χ4v) is 4.73. The van der Waals surface area contributed by atoms with Gasteiger partial charge in [-0.2, -0.15) is 0 Å². The van der Waals surface area contributed by atoms with Crippen molar-refractivity contribution in [1.82, 2.24) is 10.6 Å². The Morgan fingerprint density at radius 1 is 1.23 bits per heavy atom. The van der Waals surface area contributed by atoms with Crippen LogP contribution in [0.4, 0.5) is 0 Å². The summed E-state index contributed by atoms with van der Waals surface area (Å²) in [7, 11) is 0. The van der Waals surface area contributed by atoms with Crippen LogP contribution in [0.25, 0.3) is 0 Å². The molecule has 124 valence electrons. The van der Waals surface area contributed by atoms with Crippen molar-refractivity contribution in [2.24, 2.45) is 23.2 Å². The van der Waals surface area contributed by atoms with E-state index in [1.54, 1.807) is 0 Å². The zero-order valence-corrected chi connectivity index (χ0v) is 14.2. The molecule has 2 aliphatic carbocycles. The monoisotopic (exact) mass is 306 g/mol. The molecule has 4 atom stereocenters. The quantitative estimate of drug-likeness (QED) is 0.842. The Bertz CT molecular complexity index is 456. The summed E-state index contributed by atoms with van der Waals surface area (Å²) in [6.45, 7) is 6.81. The Hall–Kier alpha value is -1.06. The van der Waals surface area contributed by atoms with E-state index in [0.29, 0.717) is 18.3 Å². The number of nitrogens with one attached hydrogen (secondary N) is 2. The summed E-state index contributed by atoms with van der Waals surface area (Å²) in [6, 6.07) is 0.303. The lowest BCUT2D eigenvalue weighted by Crippen LogP contribution is -2.57. The molecule has 2 N–H and O–H groups in total. The van der Waals surface area contributed by atoms with Gasteiger partial charge < -0.3 is 10.6 Å². The molecular weight excluding hydrogens is 276 g/mol. The van der Waals surface area contributed by atoms with E-state index in [4.69, 9.17) is 0 Å². The molecule has 0 aromatic heterocycles. The van der Waals surface area contributed by atoms with Crippen molar-refractivity contribution in [1.29, 1.82) is 0 Å². The number of rotatable bonds is 3. The maximum absolute atomic E-state index is 12.7. The van der Waals surface area contributed by atoms with Gasteiger partial charge in [0.1, 0.15) is 0 Å². The Morgan fingerprint density at radius 2 is 1.95 bits per heavy atom. The molecule has 22 heavy (non-hydrogen) atoms. The van der Waals surface area contributed by atoms with Gasteiger partial charge in [0.15, 0.2) is 0 Å². The maximum Gasteiger partial charge on any atom is 0.223 e. The number of carbonyl (C=O) groups excluding carboxylic acids is 2. The molecule has 2 amide bonds. The summed E-state index contributed by atoms with van der Waals surface area (Å²) in [5, 5.41) is 6.39. The average molecular weight is 306 g/mol. The van der Waals surface area contributed by atoms with E-state index < -0.39 is 0 Å². The van der Waals surface area contributed by atoms with Crippen LogP contribution in [0, 0.1) is 23.2 Å². The van der Waals surface area contributed by atoms with E-state index in [1.165, 1.54) is 19.3 Å². The summed E-state index contributed by atoms with van der Waals surface area (Å²) < 4.78 is 0. The predicted molar refractivity (Wildman–Crippen MR) is 86.1 cm³/mol. The molecule has 0 spiro atoms. The molecule has 3 fully saturated rings. The molecule has 1 aliphatic heterocycles. The molecule has 0 bridgehead atoms. The summed E-state index contributed by atoms with van der Waals surface area (Å²) in [5.74, 6) is 1.69. The molecule has 1 saturated heterocycles. The lowest BCUT2D eigenvalue weighted by molar-refractivity contribution is -0.131. The van der Waals surface area contributed by atoms with Crippen LogP contribution < -0.4 is 10.6 Å². The molecular formula is C18H30N2O2. The molecule has 4 heteroatoms. The van der Waals surface area contributed by atoms with Crippen LogP contribution in [-0.4, -0.2) is 23.9 Å². The van der Waals surface area contributed by atoms with Gasteiger partial charge in [-0.25, -0.2) is 0 Å². The van der Waals surface area contributed by atoms with Gasteiger partial charge in [-0.05, 0) is 55.8 Å². The van der Waals surface area contributed by atoms with E-state index in [2.05, 4.69) is 31.4 Å². The van der Waals surface area contributed by atoms with Crippen molar-refractivity contribution >= 4 is 11.8 Å². The van der Waals surface area contributed by atoms with Crippen LogP contribution in [0.5, 0.6) is 0 Å². The fraction of sp³-hybridized carbons (Fsp3) is 0.889.